The van der Waals surface area contributed by atoms with E-state index in [2.05, 4.69) is 9.97 Å². The second-order valence-corrected chi connectivity index (χ2v) is 13.7. The Morgan fingerprint density at radius 2 is 1.00 bits per heavy atom. The third-order valence-electron chi connectivity index (χ3n) is 7.35. The van der Waals surface area contributed by atoms with E-state index in [9.17, 15) is 0 Å². The highest BCUT2D eigenvalue weighted by atomic mass is 35.5. The van der Waals surface area contributed by atoms with Crippen LogP contribution in [-0.4, -0.2) is 19.1 Å². The molecular weight excluding hydrogens is 769 g/mol. The molecular formula is C36H29Cl7N4O2. The molecule has 2 atom stereocenters. The zero-order valence-electron chi connectivity index (χ0n) is 25.7. The fourth-order valence-electron chi connectivity index (χ4n) is 4.81. The van der Waals surface area contributed by atoms with Crippen LogP contribution < -0.4 is 0 Å². The summed E-state index contributed by atoms with van der Waals surface area (Å²) in [4.78, 5) is 8.14. The van der Waals surface area contributed by atoms with Crippen molar-refractivity contribution < 1.29 is 9.47 Å². The molecule has 0 fully saturated rings. The van der Waals surface area contributed by atoms with Crippen LogP contribution in [0.4, 0.5) is 0 Å². The largest absolute Gasteiger partial charge is 0.367 e. The van der Waals surface area contributed by atoms with Crippen molar-refractivity contribution in [2.75, 3.05) is 0 Å². The Balaban J connectivity index is 0.000000191. The molecule has 6 aromatic rings. The van der Waals surface area contributed by atoms with Gasteiger partial charge in [0.1, 0.15) is 12.2 Å². The first-order valence-electron chi connectivity index (χ1n) is 14.9. The van der Waals surface area contributed by atoms with Crippen molar-refractivity contribution in [2.24, 2.45) is 0 Å². The van der Waals surface area contributed by atoms with Crippen molar-refractivity contribution in [3.8, 4) is 0 Å². The quantitative estimate of drug-likeness (QED) is 0.124. The smallest absolute Gasteiger partial charge is 0.102 e. The van der Waals surface area contributed by atoms with E-state index in [4.69, 9.17) is 90.7 Å². The Bertz CT molecular complexity index is 1900. The molecule has 0 N–H and O–H groups in total. The van der Waals surface area contributed by atoms with E-state index in [1.165, 1.54) is 0 Å². The molecule has 0 saturated carbocycles. The molecule has 2 aromatic heterocycles. The molecule has 49 heavy (non-hydrogen) atoms. The topological polar surface area (TPSA) is 54.1 Å². The third kappa shape index (κ3) is 11.1. The van der Waals surface area contributed by atoms with Crippen molar-refractivity contribution in [1.82, 2.24) is 19.1 Å². The van der Waals surface area contributed by atoms with Crippen molar-refractivity contribution >= 4 is 81.2 Å². The highest BCUT2D eigenvalue weighted by Crippen LogP contribution is 2.33. The summed E-state index contributed by atoms with van der Waals surface area (Å²) in [6.07, 6.45) is 10.1. The van der Waals surface area contributed by atoms with Crippen molar-refractivity contribution in [3.05, 3.63) is 174 Å². The number of nitrogens with zero attached hydrogens (tertiary/aromatic N) is 4. The van der Waals surface area contributed by atoms with Gasteiger partial charge in [0, 0.05) is 76.6 Å². The maximum Gasteiger partial charge on any atom is 0.102 e. The van der Waals surface area contributed by atoms with Crippen LogP contribution in [0.1, 0.15) is 34.5 Å². The normalized spacial score (nSPS) is 12.3. The van der Waals surface area contributed by atoms with E-state index in [1.54, 1.807) is 61.4 Å². The van der Waals surface area contributed by atoms with Crippen molar-refractivity contribution in [1.29, 1.82) is 0 Å². The van der Waals surface area contributed by atoms with Gasteiger partial charge in [-0.3, -0.25) is 0 Å². The summed E-state index contributed by atoms with van der Waals surface area (Å²) in [6.45, 7) is 1.87. The number of halogens is 7. The Hall–Kier alpha value is -2.75. The first-order chi connectivity index (χ1) is 23.7. The number of hydrogen-bond acceptors (Lipinski definition) is 4. The molecule has 0 spiro atoms. The number of aromatic nitrogens is 4. The van der Waals surface area contributed by atoms with Gasteiger partial charge in [0.2, 0.25) is 0 Å². The molecule has 0 saturated heterocycles. The van der Waals surface area contributed by atoms with Gasteiger partial charge in [0.15, 0.2) is 0 Å². The molecule has 0 aliphatic heterocycles. The monoisotopic (exact) mass is 794 g/mol. The maximum atomic E-state index is 6.37. The third-order valence-corrected chi connectivity index (χ3v) is 9.43. The molecule has 2 heterocycles. The molecule has 0 amide bonds. The number of benzene rings is 4. The summed E-state index contributed by atoms with van der Waals surface area (Å²) in [7, 11) is 0. The minimum atomic E-state index is -0.314. The second-order valence-electron chi connectivity index (χ2n) is 10.8. The molecule has 2 unspecified atom stereocenters. The van der Waals surface area contributed by atoms with Gasteiger partial charge in [-0.2, -0.15) is 0 Å². The van der Waals surface area contributed by atoms with Crippen LogP contribution in [0.15, 0.2) is 116 Å². The molecule has 0 aliphatic rings. The number of ether oxygens (including phenoxy) is 2. The molecule has 6 nitrogen and oxygen atoms in total. The molecule has 13 heteroatoms. The Morgan fingerprint density at radius 1 is 0.531 bits per heavy atom. The van der Waals surface area contributed by atoms with Gasteiger partial charge in [-0.05, 0) is 54.1 Å². The number of rotatable bonds is 12. The summed E-state index contributed by atoms with van der Waals surface area (Å²) >= 11 is 43.1. The van der Waals surface area contributed by atoms with Gasteiger partial charge >= 0.3 is 0 Å². The minimum absolute atomic E-state index is 0.223. The van der Waals surface area contributed by atoms with E-state index in [0.717, 1.165) is 22.3 Å². The average Bonchev–Trinajstić information content (AvgIpc) is 3.79. The molecule has 0 aliphatic carbocycles. The average molecular weight is 798 g/mol. The second kappa shape index (κ2) is 18.5. The molecule has 6 rings (SSSR count). The SMILES string of the molecule is Clc1ccc(C(Cn2ccnc2)OCc2c(Cl)cccc2Cl)c(Cl)c1.Clc1ccc(COC(Cn2ccnc2)c2ccc(Cl)cc2Cl)cc1. The van der Waals surface area contributed by atoms with E-state index >= 15 is 0 Å². The van der Waals surface area contributed by atoms with Crippen LogP contribution in [0, 0.1) is 0 Å². The fourth-order valence-corrected chi connectivity index (χ4v) is 6.50. The summed E-state index contributed by atoms with van der Waals surface area (Å²) in [5.41, 5.74) is 3.51. The maximum absolute atomic E-state index is 6.37. The van der Waals surface area contributed by atoms with Gasteiger partial charge in [0.25, 0.3) is 0 Å². The Labute approximate surface area is 320 Å². The van der Waals surface area contributed by atoms with Crippen LogP contribution in [0.5, 0.6) is 0 Å². The molecule has 254 valence electrons. The van der Waals surface area contributed by atoms with Gasteiger partial charge in [-0.25, -0.2) is 9.97 Å². The lowest BCUT2D eigenvalue weighted by molar-refractivity contribution is 0.0280. The minimum Gasteiger partial charge on any atom is -0.367 e. The zero-order chi connectivity index (χ0) is 34.8. The van der Waals surface area contributed by atoms with Gasteiger partial charge < -0.3 is 18.6 Å². The lowest BCUT2D eigenvalue weighted by Gasteiger charge is -2.21. The Kier molecular flexibility index (Phi) is 14.1. The van der Waals surface area contributed by atoms with Gasteiger partial charge in [-0.1, -0.05) is 112 Å². The molecule has 0 radical (unpaired) electrons. The zero-order valence-corrected chi connectivity index (χ0v) is 31.0. The fraction of sp³-hybridized carbons (Fsp3) is 0.167. The number of imidazole rings is 2. The van der Waals surface area contributed by atoms with E-state index in [0.29, 0.717) is 54.9 Å². The first kappa shape index (κ1) is 37.5. The standard InChI is InChI=1S/C18H14Cl4N2O.C18H15Cl3N2O/c19-12-4-5-13(17(22)8-12)18(9-24-7-6-23-11-24)25-10-14-15(20)2-1-3-16(14)21;19-14-3-1-13(2-4-14)11-24-18(10-23-8-7-22-12-23)16-6-5-15(20)9-17(16)21/h1-8,11,18H,9-10H2;1-9,12,18H,10-11H2. The molecule has 0 bridgehead atoms. The summed E-state index contributed by atoms with van der Waals surface area (Å²) in [5.74, 6) is 0. The van der Waals surface area contributed by atoms with Crippen LogP contribution in [0.25, 0.3) is 0 Å². The van der Waals surface area contributed by atoms with Crippen LogP contribution in [0.3, 0.4) is 0 Å². The van der Waals surface area contributed by atoms with Crippen LogP contribution in [-0.2, 0) is 35.8 Å². The van der Waals surface area contributed by atoms with E-state index in [-0.39, 0.29) is 18.8 Å². The lowest BCUT2D eigenvalue weighted by atomic mass is 10.1. The first-order valence-corrected chi connectivity index (χ1v) is 17.5. The highest BCUT2D eigenvalue weighted by molar-refractivity contribution is 6.36. The van der Waals surface area contributed by atoms with Crippen LogP contribution in [0.2, 0.25) is 35.2 Å². The summed E-state index contributed by atoms with van der Waals surface area (Å²) in [6, 6.07) is 23.7. The predicted octanol–water partition coefficient (Wildman–Crippen LogP) is 12.3. The highest BCUT2D eigenvalue weighted by Gasteiger charge is 2.19. The van der Waals surface area contributed by atoms with E-state index in [1.807, 2.05) is 64.0 Å². The summed E-state index contributed by atoms with van der Waals surface area (Å²) in [5, 5.41) is 4.14. The lowest BCUT2D eigenvalue weighted by Crippen LogP contribution is -2.13. The summed E-state index contributed by atoms with van der Waals surface area (Å²) < 4.78 is 16.1. The van der Waals surface area contributed by atoms with Gasteiger partial charge in [0.05, 0.1) is 39.0 Å². The van der Waals surface area contributed by atoms with Crippen molar-refractivity contribution in [3.63, 3.8) is 0 Å². The Morgan fingerprint density at radius 3 is 1.45 bits per heavy atom. The molecule has 4 aromatic carbocycles. The van der Waals surface area contributed by atoms with E-state index < -0.39 is 0 Å². The number of hydrogen-bond donors (Lipinski definition) is 0. The van der Waals surface area contributed by atoms with Crippen molar-refractivity contribution in [2.45, 2.75) is 38.5 Å². The predicted molar refractivity (Wildman–Crippen MR) is 200 cm³/mol. The van der Waals surface area contributed by atoms with Gasteiger partial charge in [-0.15, -0.1) is 0 Å². The van der Waals surface area contributed by atoms with Crippen LogP contribution >= 0.6 is 81.2 Å².